The Bertz CT molecular complexity index is 470. The highest BCUT2D eigenvalue weighted by molar-refractivity contribution is 5.70. The second-order valence-corrected chi connectivity index (χ2v) is 2.90. The Hall–Kier alpha value is -1.58. The number of rotatable bonds is 2. The summed E-state index contributed by atoms with van der Waals surface area (Å²) in [4.78, 5) is 18.3. The van der Waals surface area contributed by atoms with Crippen LogP contribution in [0.4, 0.5) is 0 Å². The standard InChI is InChI=1S/C9H10N2O2/c1-2-3-7-10-6-4-5-13-8(6)9(12)11-7/h4-5H,2-3H2,1H3,(H,10,11,12). The van der Waals surface area contributed by atoms with Crippen molar-refractivity contribution < 1.29 is 4.42 Å². The van der Waals surface area contributed by atoms with Gasteiger partial charge in [-0.25, -0.2) is 4.98 Å². The third-order valence-corrected chi connectivity index (χ3v) is 1.85. The average Bonchev–Trinajstić information content (AvgIpc) is 2.53. The summed E-state index contributed by atoms with van der Waals surface area (Å²) >= 11 is 0. The van der Waals surface area contributed by atoms with Crippen LogP contribution in [0.15, 0.2) is 21.5 Å². The summed E-state index contributed by atoms with van der Waals surface area (Å²) in [7, 11) is 0. The summed E-state index contributed by atoms with van der Waals surface area (Å²) < 4.78 is 4.98. The molecule has 0 saturated carbocycles. The van der Waals surface area contributed by atoms with E-state index < -0.39 is 0 Å². The minimum absolute atomic E-state index is 0.196. The van der Waals surface area contributed by atoms with E-state index in [-0.39, 0.29) is 5.56 Å². The van der Waals surface area contributed by atoms with Gasteiger partial charge in [0, 0.05) is 12.5 Å². The van der Waals surface area contributed by atoms with E-state index in [0.717, 1.165) is 18.7 Å². The lowest BCUT2D eigenvalue weighted by Gasteiger charge is -1.96. The molecule has 2 aromatic rings. The predicted octanol–water partition coefficient (Wildman–Crippen LogP) is 1.47. The lowest BCUT2D eigenvalue weighted by atomic mass is 10.3. The van der Waals surface area contributed by atoms with Crippen molar-refractivity contribution in [2.24, 2.45) is 0 Å². The summed E-state index contributed by atoms with van der Waals surface area (Å²) in [5, 5.41) is 0. The van der Waals surface area contributed by atoms with Gasteiger partial charge in [-0.3, -0.25) is 4.79 Å². The van der Waals surface area contributed by atoms with Crippen LogP contribution < -0.4 is 5.56 Å². The van der Waals surface area contributed by atoms with Crippen molar-refractivity contribution in [1.29, 1.82) is 0 Å². The number of hydrogen-bond donors (Lipinski definition) is 1. The Morgan fingerprint density at radius 3 is 3.23 bits per heavy atom. The molecule has 0 atom stereocenters. The summed E-state index contributed by atoms with van der Waals surface area (Å²) in [6.07, 6.45) is 3.23. The van der Waals surface area contributed by atoms with Gasteiger partial charge in [-0.2, -0.15) is 0 Å². The van der Waals surface area contributed by atoms with Crippen molar-refractivity contribution in [3.8, 4) is 0 Å². The highest BCUT2D eigenvalue weighted by atomic mass is 16.3. The molecule has 2 heterocycles. The minimum Gasteiger partial charge on any atom is -0.457 e. The zero-order valence-electron chi connectivity index (χ0n) is 7.33. The van der Waals surface area contributed by atoms with E-state index in [2.05, 4.69) is 9.97 Å². The van der Waals surface area contributed by atoms with Gasteiger partial charge >= 0.3 is 0 Å². The zero-order valence-corrected chi connectivity index (χ0v) is 7.33. The van der Waals surface area contributed by atoms with Gasteiger partial charge in [-0.1, -0.05) is 6.92 Å². The van der Waals surface area contributed by atoms with Crippen LogP contribution in [0.5, 0.6) is 0 Å². The molecule has 0 radical (unpaired) electrons. The Kier molecular flexibility index (Phi) is 1.88. The normalized spacial score (nSPS) is 10.8. The Labute approximate surface area is 74.6 Å². The number of nitrogens with zero attached hydrogens (tertiary/aromatic N) is 1. The maximum absolute atomic E-state index is 11.3. The number of hydrogen-bond acceptors (Lipinski definition) is 3. The molecule has 0 aliphatic carbocycles. The summed E-state index contributed by atoms with van der Waals surface area (Å²) in [6.45, 7) is 2.04. The van der Waals surface area contributed by atoms with E-state index in [0.29, 0.717) is 11.1 Å². The molecule has 2 rings (SSSR count). The Morgan fingerprint density at radius 2 is 2.46 bits per heavy atom. The first-order valence-corrected chi connectivity index (χ1v) is 4.27. The van der Waals surface area contributed by atoms with E-state index in [1.54, 1.807) is 6.07 Å². The number of aryl methyl sites for hydroxylation is 1. The van der Waals surface area contributed by atoms with E-state index >= 15 is 0 Å². The van der Waals surface area contributed by atoms with Crippen LogP contribution in [-0.2, 0) is 6.42 Å². The SMILES string of the molecule is CCCc1nc2ccoc2c(=O)[nH]1. The molecule has 4 nitrogen and oxygen atoms in total. The van der Waals surface area contributed by atoms with Crippen LogP contribution in [0.3, 0.4) is 0 Å². The van der Waals surface area contributed by atoms with Crippen LogP contribution in [0.1, 0.15) is 19.2 Å². The molecule has 1 N–H and O–H groups in total. The molecule has 0 fully saturated rings. The van der Waals surface area contributed by atoms with Crippen molar-refractivity contribution in [2.45, 2.75) is 19.8 Å². The maximum Gasteiger partial charge on any atom is 0.294 e. The minimum atomic E-state index is -0.196. The van der Waals surface area contributed by atoms with Crippen LogP contribution >= 0.6 is 0 Å². The topological polar surface area (TPSA) is 58.9 Å². The Balaban J connectivity index is 2.63. The van der Waals surface area contributed by atoms with E-state index in [9.17, 15) is 4.79 Å². The first kappa shape index (κ1) is 8.04. The molecule has 0 bridgehead atoms. The maximum atomic E-state index is 11.3. The molecular formula is C9H10N2O2. The zero-order chi connectivity index (χ0) is 9.26. The molecule has 0 unspecified atom stereocenters. The fourth-order valence-electron chi connectivity index (χ4n) is 1.28. The van der Waals surface area contributed by atoms with Gasteiger partial charge in [0.2, 0.25) is 5.58 Å². The largest absolute Gasteiger partial charge is 0.457 e. The van der Waals surface area contributed by atoms with Gasteiger partial charge in [-0.15, -0.1) is 0 Å². The smallest absolute Gasteiger partial charge is 0.294 e. The number of H-pyrrole nitrogens is 1. The lowest BCUT2D eigenvalue weighted by Crippen LogP contribution is -2.10. The van der Waals surface area contributed by atoms with E-state index in [4.69, 9.17) is 4.42 Å². The summed E-state index contributed by atoms with van der Waals surface area (Å²) in [5.41, 5.74) is 0.741. The molecule has 13 heavy (non-hydrogen) atoms. The van der Waals surface area contributed by atoms with E-state index in [1.165, 1.54) is 6.26 Å². The third-order valence-electron chi connectivity index (χ3n) is 1.85. The number of nitrogens with one attached hydrogen (secondary N) is 1. The molecule has 0 aromatic carbocycles. The van der Waals surface area contributed by atoms with Gasteiger partial charge in [0.15, 0.2) is 0 Å². The summed E-state index contributed by atoms with van der Waals surface area (Å²) in [5.74, 6) is 0.724. The van der Waals surface area contributed by atoms with Crippen molar-refractivity contribution >= 4 is 11.1 Å². The monoisotopic (exact) mass is 178 g/mol. The number of furan rings is 1. The van der Waals surface area contributed by atoms with E-state index in [1.807, 2.05) is 6.92 Å². The van der Waals surface area contributed by atoms with Crippen molar-refractivity contribution in [3.05, 3.63) is 28.5 Å². The lowest BCUT2D eigenvalue weighted by molar-refractivity contribution is 0.608. The van der Waals surface area contributed by atoms with Gasteiger partial charge < -0.3 is 9.40 Å². The molecule has 0 aliphatic rings. The van der Waals surface area contributed by atoms with Crippen LogP contribution in [-0.4, -0.2) is 9.97 Å². The third kappa shape index (κ3) is 1.35. The van der Waals surface area contributed by atoms with Crippen LogP contribution in [0, 0.1) is 0 Å². The number of aromatic amines is 1. The van der Waals surface area contributed by atoms with Gasteiger partial charge in [-0.05, 0) is 6.42 Å². The highest BCUT2D eigenvalue weighted by Gasteiger charge is 2.04. The number of aromatic nitrogens is 2. The fraction of sp³-hybridized carbons (Fsp3) is 0.333. The van der Waals surface area contributed by atoms with Crippen molar-refractivity contribution in [2.75, 3.05) is 0 Å². The molecule has 2 aromatic heterocycles. The second kappa shape index (κ2) is 3.05. The van der Waals surface area contributed by atoms with Gasteiger partial charge in [0.1, 0.15) is 11.3 Å². The van der Waals surface area contributed by atoms with Crippen molar-refractivity contribution in [1.82, 2.24) is 9.97 Å². The number of fused-ring (bicyclic) bond motifs is 1. The molecule has 4 heteroatoms. The second-order valence-electron chi connectivity index (χ2n) is 2.90. The first-order chi connectivity index (χ1) is 6.31. The van der Waals surface area contributed by atoms with Gasteiger partial charge in [0.05, 0.1) is 6.26 Å². The quantitative estimate of drug-likeness (QED) is 0.757. The molecule has 68 valence electrons. The molecule has 0 spiro atoms. The molecule has 0 amide bonds. The van der Waals surface area contributed by atoms with Gasteiger partial charge in [0.25, 0.3) is 5.56 Å². The Morgan fingerprint density at radius 1 is 1.62 bits per heavy atom. The first-order valence-electron chi connectivity index (χ1n) is 4.27. The predicted molar refractivity (Wildman–Crippen MR) is 48.6 cm³/mol. The van der Waals surface area contributed by atoms with Crippen LogP contribution in [0.2, 0.25) is 0 Å². The summed E-state index contributed by atoms with van der Waals surface area (Å²) in [6, 6.07) is 1.70. The molecular weight excluding hydrogens is 168 g/mol. The van der Waals surface area contributed by atoms with Crippen molar-refractivity contribution in [3.63, 3.8) is 0 Å². The fourth-order valence-corrected chi connectivity index (χ4v) is 1.28. The highest BCUT2D eigenvalue weighted by Crippen LogP contribution is 2.07. The molecule has 0 aliphatic heterocycles. The average molecular weight is 178 g/mol. The molecule has 0 saturated heterocycles. The van der Waals surface area contributed by atoms with Crippen LogP contribution in [0.25, 0.3) is 11.1 Å².